The van der Waals surface area contributed by atoms with E-state index in [2.05, 4.69) is 72.4 Å². The van der Waals surface area contributed by atoms with Gasteiger partial charge < -0.3 is 25.2 Å². The number of rotatable bonds is 12. The average Bonchev–Trinajstić information content (AvgIpc) is 2.70. The van der Waals surface area contributed by atoms with Crippen LogP contribution in [0.5, 0.6) is 5.75 Å². The van der Waals surface area contributed by atoms with Crippen molar-refractivity contribution in [2.45, 2.75) is 45.7 Å². The van der Waals surface area contributed by atoms with Gasteiger partial charge in [-0.3, -0.25) is 4.99 Å². The van der Waals surface area contributed by atoms with E-state index in [0.717, 1.165) is 44.3 Å². The van der Waals surface area contributed by atoms with Crippen LogP contribution in [-0.2, 0) is 0 Å². The summed E-state index contributed by atoms with van der Waals surface area (Å²) in [5.41, 5.74) is 1.17. The highest BCUT2D eigenvalue weighted by molar-refractivity contribution is 14.0. The number of halogens is 1. The number of aliphatic imine (C=N–C) groups is 1. The molecule has 0 heterocycles. The number of hydrogen-bond acceptors (Lipinski definition) is 4. The number of benzene rings is 1. The van der Waals surface area contributed by atoms with Crippen LogP contribution in [0.2, 0.25) is 0 Å². The smallest absolute Gasteiger partial charge is 0.191 e. The molecule has 0 radical (unpaired) electrons. The maximum absolute atomic E-state index is 5.55. The molecule has 2 N–H and O–H groups in total. The van der Waals surface area contributed by atoms with Crippen molar-refractivity contribution < 1.29 is 4.74 Å². The molecule has 0 saturated carbocycles. The SMILES string of the molecule is CCN(CC)CCCC(C)NC(=NC)NCC(c1ccccc1OC)N(C)C.I. The van der Waals surface area contributed by atoms with Gasteiger partial charge >= 0.3 is 0 Å². The standard InChI is InChI=1S/C22H41N5O.HI/c1-8-27(9-2)16-12-13-18(3)25-22(23-4)24-17-20(26(5)6)19-14-10-11-15-21(19)28-7;/h10-11,14-15,18,20H,8-9,12-13,16-17H2,1-7H3,(H2,23,24,25);1H. The van der Waals surface area contributed by atoms with Crippen LogP contribution < -0.4 is 15.4 Å². The molecule has 0 aliphatic rings. The molecule has 0 bridgehead atoms. The molecule has 1 aromatic rings. The van der Waals surface area contributed by atoms with Crippen LogP contribution in [0.15, 0.2) is 29.3 Å². The Morgan fingerprint density at radius 1 is 1.17 bits per heavy atom. The molecule has 0 aromatic heterocycles. The molecule has 0 saturated heterocycles. The predicted octanol–water partition coefficient (Wildman–Crippen LogP) is 3.59. The third-order valence-corrected chi connectivity index (χ3v) is 5.20. The summed E-state index contributed by atoms with van der Waals surface area (Å²) < 4.78 is 5.55. The summed E-state index contributed by atoms with van der Waals surface area (Å²) in [6, 6.07) is 8.76. The molecule has 2 unspecified atom stereocenters. The van der Waals surface area contributed by atoms with E-state index in [-0.39, 0.29) is 30.0 Å². The van der Waals surface area contributed by atoms with Crippen molar-refractivity contribution in [3.8, 4) is 5.75 Å². The van der Waals surface area contributed by atoms with Crippen LogP contribution in [0, 0.1) is 0 Å². The third kappa shape index (κ3) is 10.00. The molecule has 0 aliphatic carbocycles. The number of methoxy groups -OCH3 is 1. The van der Waals surface area contributed by atoms with E-state index in [0.29, 0.717) is 6.04 Å². The Morgan fingerprint density at radius 2 is 1.83 bits per heavy atom. The minimum absolute atomic E-state index is 0. The molecule has 29 heavy (non-hydrogen) atoms. The first-order valence-corrected chi connectivity index (χ1v) is 10.5. The van der Waals surface area contributed by atoms with E-state index in [4.69, 9.17) is 4.74 Å². The van der Waals surface area contributed by atoms with Crippen molar-refractivity contribution in [3.63, 3.8) is 0 Å². The predicted molar refractivity (Wildman–Crippen MR) is 136 cm³/mol. The zero-order chi connectivity index (χ0) is 20.9. The van der Waals surface area contributed by atoms with Gasteiger partial charge in [0.05, 0.1) is 13.2 Å². The Hall–Kier alpha value is -1.06. The fraction of sp³-hybridized carbons (Fsp3) is 0.682. The Kier molecular flexibility index (Phi) is 15.2. The van der Waals surface area contributed by atoms with Crippen LogP contribution >= 0.6 is 24.0 Å². The molecular weight excluding hydrogens is 477 g/mol. The van der Waals surface area contributed by atoms with Gasteiger partial charge in [-0.05, 0) is 59.6 Å². The Morgan fingerprint density at radius 3 is 2.38 bits per heavy atom. The van der Waals surface area contributed by atoms with Gasteiger partial charge in [0.15, 0.2) is 5.96 Å². The van der Waals surface area contributed by atoms with Gasteiger partial charge in [-0.2, -0.15) is 0 Å². The van der Waals surface area contributed by atoms with Crippen LogP contribution in [0.25, 0.3) is 0 Å². The average molecular weight is 520 g/mol. The first kappa shape index (κ1) is 27.9. The Labute approximate surface area is 195 Å². The van der Waals surface area contributed by atoms with Crippen LogP contribution in [0.1, 0.15) is 45.2 Å². The second-order valence-electron chi connectivity index (χ2n) is 7.39. The normalized spacial score (nSPS) is 13.8. The fourth-order valence-corrected chi connectivity index (χ4v) is 3.37. The molecule has 1 aromatic carbocycles. The zero-order valence-electron chi connectivity index (χ0n) is 19.4. The van der Waals surface area contributed by atoms with Gasteiger partial charge in [0.25, 0.3) is 0 Å². The van der Waals surface area contributed by atoms with Crippen molar-refractivity contribution in [2.75, 3.05) is 54.4 Å². The van der Waals surface area contributed by atoms with Crippen molar-refractivity contribution in [1.82, 2.24) is 20.4 Å². The first-order valence-electron chi connectivity index (χ1n) is 10.5. The molecule has 0 spiro atoms. The lowest BCUT2D eigenvalue weighted by Crippen LogP contribution is -2.45. The van der Waals surface area contributed by atoms with Crippen molar-refractivity contribution >= 4 is 29.9 Å². The summed E-state index contributed by atoms with van der Waals surface area (Å²) in [4.78, 5) is 9.07. The van der Waals surface area contributed by atoms with E-state index >= 15 is 0 Å². The van der Waals surface area contributed by atoms with E-state index in [1.54, 1.807) is 7.11 Å². The maximum Gasteiger partial charge on any atom is 0.191 e. The monoisotopic (exact) mass is 519 g/mol. The van der Waals surface area contributed by atoms with Crippen LogP contribution in [0.4, 0.5) is 0 Å². The van der Waals surface area contributed by atoms with Gasteiger partial charge in [-0.25, -0.2) is 0 Å². The molecule has 1 rings (SSSR count). The minimum atomic E-state index is 0. The maximum atomic E-state index is 5.55. The molecule has 6 nitrogen and oxygen atoms in total. The van der Waals surface area contributed by atoms with Crippen molar-refractivity contribution in [1.29, 1.82) is 0 Å². The topological polar surface area (TPSA) is 52.1 Å². The van der Waals surface area contributed by atoms with E-state index in [1.165, 1.54) is 12.0 Å². The van der Waals surface area contributed by atoms with Crippen LogP contribution in [-0.4, -0.2) is 76.2 Å². The number of likely N-dealkylation sites (N-methyl/N-ethyl adjacent to an activating group) is 1. The van der Waals surface area contributed by atoms with E-state index in [9.17, 15) is 0 Å². The number of nitrogens with zero attached hydrogens (tertiary/aromatic N) is 3. The van der Waals surface area contributed by atoms with Crippen molar-refractivity contribution in [3.05, 3.63) is 29.8 Å². The zero-order valence-corrected chi connectivity index (χ0v) is 21.7. The molecule has 168 valence electrons. The summed E-state index contributed by atoms with van der Waals surface area (Å²) in [5, 5.41) is 7.01. The molecule has 0 fully saturated rings. The highest BCUT2D eigenvalue weighted by Crippen LogP contribution is 2.27. The number of hydrogen-bond donors (Lipinski definition) is 2. The lowest BCUT2D eigenvalue weighted by Gasteiger charge is -2.28. The molecule has 0 amide bonds. The first-order chi connectivity index (χ1) is 13.5. The molecule has 7 heteroatoms. The Bertz CT molecular complexity index is 578. The van der Waals surface area contributed by atoms with Gasteiger partial charge in [0, 0.05) is 25.2 Å². The largest absolute Gasteiger partial charge is 0.496 e. The number of nitrogens with one attached hydrogen (secondary N) is 2. The second kappa shape index (κ2) is 15.7. The van der Waals surface area contributed by atoms with Crippen LogP contribution in [0.3, 0.4) is 0 Å². The summed E-state index contributed by atoms with van der Waals surface area (Å²) in [6.45, 7) is 10.8. The summed E-state index contributed by atoms with van der Waals surface area (Å²) in [5.74, 6) is 1.76. The molecule has 0 aliphatic heterocycles. The summed E-state index contributed by atoms with van der Waals surface area (Å²) in [6.07, 6.45) is 2.31. The van der Waals surface area contributed by atoms with Crippen molar-refractivity contribution in [2.24, 2.45) is 4.99 Å². The van der Waals surface area contributed by atoms with Gasteiger partial charge in [-0.1, -0.05) is 32.0 Å². The van der Waals surface area contributed by atoms with E-state index in [1.807, 2.05) is 19.2 Å². The highest BCUT2D eigenvalue weighted by Gasteiger charge is 2.18. The number of ether oxygens (including phenoxy) is 1. The molecule has 2 atom stereocenters. The highest BCUT2D eigenvalue weighted by atomic mass is 127. The Balaban J connectivity index is 0.00000784. The number of guanidine groups is 1. The fourth-order valence-electron chi connectivity index (χ4n) is 3.37. The van der Waals surface area contributed by atoms with E-state index < -0.39 is 0 Å². The minimum Gasteiger partial charge on any atom is -0.496 e. The third-order valence-electron chi connectivity index (χ3n) is 5.20. The second-order valence-corrected chi connectivity index (χ2v) is 7.39. The van der Waals surface area contributed by atoms with Gasteiger partial charge in [0.2, 0.25) is 0 Å². The van der Waals surface area contributed by atoms with Gasteiger partial charge in [-0.15, -0.1) is 24.0 Å². The summed E-state index contributed by atoms with van der Waals surface area (Å²) >= 11 is 0. The number of para-hydroxylation sites is 1. The molecular formula is C22H42IN5O. The quantitative estimate of drug-likeness (QED) is 0.251. The summed E-state index contributed by atoms with van der Waals surface area (Å²) in [7, 11) is 7.72. The lowest BCUT2D eigenvalue weighted by atomic mass is 10.0. The lowest BCUT2D eigenvalue weighted by molar-refractivity contribution is 0.286. The van der Waals surface area contributed by atoms with Gasteiger partial charge in [0.1, 0.15) is 5.75 Å².